The van der Waals surface area contributed by atoms with E-state index in [9.17, 15) is 9.59 Å². The molecule has 1 aromatic rings. The lowest BCUT2D eigenvalue weighted by Gasteiger charge is -2.12. The van der Waals surface area contributed by atoms with Crippen molar-refractivity contribution >= 4 is 11.9 Å². The van der Waals surface area contributed by atoms with E-state index in [-0.39, 0.29) is 13.0 Å². The monoisotopic (exact) mass is 354 g/mol. The molecule has 7 heteroatoms. The molecule has 0 N–H and O–H groups in total. The van der Waals surface area contributed by atoms with Gasteiger partial charge in [0.1, 0.15) is 0 Å². The molecular formula is C18H26O7. The highest BCUT2D eigenvalue weighted by atomic mass is 16.6. The fourth-order valence-corrected chi connectivity index (χ4v) is 2.02. The minimum absolute atomic E-state index is 0.208. The van der Waals surface area contributed by atoms with Gasteiger partial charge in [0.25, 0.3) is 0 Å². The van der Waals surface area contributed by atoms with Crippen LogP contribution in [-0.4, -0.2) is 59.2 Å². The molecule has 0 radical (unpaired) electrons. The number of esters is 2. The van der Waals surface area contributed by atoms with Crippen LogP contribution in [0.25, 0.3) is 0 Å². The Labute approximate surface area is 148 Å². The van der Waals surface area contributed by atoms with Crippen molar-refractivity contribution in [3.05, 3.63) is 35.9 Å². The molecule has 1 rings (SSSR count). The number of carbonyl (C=O) groups is 2. The first kappa shape index (κ1) is 21.1. The molecule has 0 atom stereocenters. The Kier molecular flexibility index (Phi) is 11.3. The smallest absolute Gasteiger partial charge is 0.320 e. The van der Waals surface area contributed by atoms with Gasteiger partial charge in [-0.15, -0.1) is 0 Å². The van der Waals surface area contributed by atoms with Crippen LogP contribution in [0.2, 0.25) is 0 Å². The second-order valence-electron chi connectivity index (χ2n) is 5.15. The molecule has 0 saturated carbocycles. The Morgan fingerprint density at radius 1 is 0.800 bits per heavy atom. The summed E-state index contributed by atoms with van der Waals surface area (Å²) in [7, 11) is 2.46. The van der Waals surface area contributed by atoms with E-state index in [2.05, 4.69) is 9.47 Å². The molecule has 0 aliphatic carbocycles. The predicted molar refractivity (Wildman–Crippen MR) is 89.9 cm³/mol. The summed E-state index contributed by atoms with van der Waals surface area (Å²) in [6.07, 6.45) is 0.208. The largest absolute Gasteiger partial charge is 0.468 e. The first-order chi connectivity index (χ1) is 12.2. The van der Waals surface area contributed by atoms with Crippen molar-refractivity contribution in [1.82, 2.24) is 0 Å². The normalized spacial score (nSPS) is 10.7. The molecule has 0 aliphatic rings. The lowest BCUT2D eigenvalue weighted by atomic mass is 10.1. The molecule has 0 amide bonds. The predicted octanol–water partition coefficient (Wildman–Crippen LogP) is 1.59. The summed E-state index contributed by atoms with van der Waals surface area (Å²) in [5.74, 6) is -2.20. The Bertz CT molecular complexity index is 473. The summed E-state index contributed by atoms with van der Waals surface area (Å²) in [5, 5.41) is 0. The highest BCUT2D eigenvalue weighted by Crippen LogP contribution is 2.08. The van der Waals surface area contributed by atoms with Gasteiger partial charge < -0.3 is 23.7 Å². The maximum atomic E-state index is 11.5. The van der Waals surface area contributed by atoms with Gasteiger partial charge in [0.05, 0.1) is 47.3 Å². The number of hydrogen-bond donors (Lipinski definition) is 0. The minimum Gasteiger partial charge on any atom is -0.468 e. The summed E-state index contributed by atoms with van der Waals surface area (Å²) in [6.45, 7) is 2.56. The Morgan fingerprint density at radius 3 is 1.88 bits per heavy atom. The van der Waals surface area contributed by atoms with Crippen molar-refractivity contribution in [3.63, 3.8) is 0 Å². The number of rotatable bonds is 13. The maximum absolute atomic E-state index is 11.5. The van der Waals surface area contributed by atoms with Gasteiger partial charge in [-0.3, -0.25) is 9.59 Å². The van der Waals surface area contributed by atoms with Gasteiger partial charge in [-0.25, -0.2) is 0 Å². The van der Waals surface area contributed by atoms with Crippen LogP contribution in [0, 0.1) is 5.92 Å². The van der Waals surface area contributed by atoms with E-state index in [4.69, 9.17) is 14.2 Å². The topological polar surface area (TPSA) is 80.3 Å². The summed E-state index contributed by atoms with van der Waals surface area (Å²) in [5.41, 5.74) is 1.12. The van der Waals surface area contributed by atoms with Crippen LogP contribution in [0.1, 0.15) is 12.0 Å². The highest BCUT2D eigenvalue weighted by molar-refractivity contribution is 5.94. The lowest BCUT2D eigenvalue weighted by molar-refractivity contribution is -0.159. The van der Waals surface area contributed by atoms with E-state index in [1.54, 1.807) is 0 Å². The molecule has 0 aliphatic heterocycles. The molecule has 0 heterocycles. The molecule has 0 fully saturated rings. The van der Waals surface area contributed by atoms with Crippen LogP contribution in [0.5, 0.6) is 0 Å². The number of methoxy groups -OCH3 is 2. The third-order valence-corrected chi connectivity index (χ3v) is 3.38. The molecule has 0 saturated heterocycles. The van der Waals surface area contributed by atoms with Gasteiger partial charge in [0.15, 0.2) is 5.92 Å². The number of ether oxygens (including phenoxy) is 5. The van der Waals surface area contributed by atoms with Crippen LogP contribution in [-0.2, 0) is 39.9 Å². The van der Waals surface area contributed by atoms with E-state index in [0.717, 1.165) is 5.56 Å². The minimum atomic E-state index is -0.956. The molecule has 0 bridgehead atoms. The maximum Gasteiger partial charge on any atom is 0.320 e. The zero-order valence-electron chi connectivity index (χ0n) is 14.8. The number of benzene rings is 1. The van der Waals surface area contributed by atoms with Gasteiger partial charge >= 0.3 is 11.9 Å². The Balaban J connectivity index is 1.99. The summed E-state index contributed by atoms with van der Waals surface area (Å²) < 4.78 is 25.4. The highest BCUT2D eigenvalue weighted by Gasteiger charge is 2.28. The van der Waals surface area contributed by atoms with E-state index in [1.807, 2.05) is 30.3 Å². The van der Waals surface area contributed by atoms with Crippen molar-refractivity contribution in [2.45, 2.75) is 13.0 Å². The zero-order chi connectivity index (χ0) is 18.3. The van der Waals surface area contributed by atoms with Crippen LogP contribution >= 0.6 is 0 Å². The third-order valence-electron chi connectivity index (χ3n) is 3.38. The molecule has 0 spiro atoms. The van der Waals surface area contributed by atoms with Crippen molar-refractivity contribution < 1.29 is 33.3 Å². The van der Waals surface area contributed by atoms with Crippen molar-refractivity contribution in [2.75, 3.05) is 47.3 Å². The van der Waals surface area contributed by atoms with E-state index in [1.165, 1.54) is 14.2 Å². The second kappa shape index (κ2) is 13.3. The van der Waals surface area contributed by atoms with Crippen molar-refractivity contribution in [3.8, 4) is 0 Å². The van der Waals surface area contributed by atoms with Crippen LogP contribution < -0.4 is 0 Å². The number of hydrogen-bond acceptors (Lipinski definition) is 7. The fraction of sp³-hybridized carbons (Fsp3) is 0.556. The first-order valence-electron chi connectivity index (χ1n) is 8.11. The standard InChI is InChI=1S/C18H26O7/c1-21-17(19)16(18(20)22-2)8-9-23-10-11-24-12-13-25-14-15-6-4-3-5-7-15/h3-7,16H,8-14H2,1-2H3. The second-order valence-corrected chi connectivity index (χ2v) is 5.15. The first-order valence-corrected chi connectivity index (χ1v) is 8.11. The molecule has 140 valence electrons. The van der Waals surface area contributed by atoms with Crippen LogP contribution in [0.15, 0.2) is 30.3 Å². The lowest BCUT2D eigenvalue weighted by Crippen LogP contribution is -2.28. The summed E-state index contributed by atoms with van der Waals surface area (Å²) >= 11 is 0. The van der Waals surface area contributed by atoms with Crippen LogP contribution in [0.4, 0.5) is 0 Å². The van der Waals surface area contributed by atoms with Gasteiger partial charge in [0, 0.05) is 6.61 Å². The molecule has 0 unspecified atom stereocenters. The third kappa shape index (κ3) is 9.19. The van der Waals surface area contributed by atoms with E-state index < -0.39 is 17.9 Å². The van der Waals surface area contributed by atoms with E-state index >= 15 is 0 Å². The zero-order valence-corrected chi connectivity index (χ0v) is 14.8. The van der Waals surface area contributed by atoms with Crippen molar-refractivity contribution in [2.24, 2.45) is 5.92 Å². The summed E-state index contributed by atoms with van der Waals surface area (Å²) in [6, 6.07) is 9.91. The molecular weight excluding hydrogens is 328 g/mol. The average molecular weight is 354 g/mol. The summed E-state index contributed by atoms with van der Waals surface area (Å²) in [4.78, 5) is 22.9. The van der Waals surface area contributed by atoms with E-state index in [0.29, 0.717) is 33.0 Å². The van der Waals surface area contributed by atoms with Crippen molar-refractivity contribution in [1.29, 1.82) is 0 Å². The number of carbonyl (C=O) groups excluding carboxylic acids is 2. The molecule has 25 heavy (non-hydrogen) atoms. The average Bonchev–Trinajstić information content (AvgIpc) is 2.66. The molecule has 0 aromatic heterocycles. The molecule has 1 aromatic carbocycles. The van der Waals surface area contributed by atoms with Gasteiger partial charge in [0.2, 0.25) is 0 Å². The SMILES string of the molecule is COC(=O)C(CCOCCOCCOCc1ccccc1)C(=O)OC. The van der Waals surface area contributed by atoms with Crippen LogP contribution in [0.3, 0.4) is 0 Å². The van der Waals surface area contributed by atoms with Gasteiger partial charge in [-0.05, 0) is 12.0 Å². The molecule has 7 nitrogen and oxygen atoms in total. The van der Waals surface area contributed by atoms with Gasteiger partial charge in [-0.2, -0.15) is 0 Å². The Hall–Kier alpha value is -1.96. The Morgan fingerprint density at radius 2 is 1.32 bits per heavy atom. The van der Waals surface area contributed by atoms with Gasteiger partial charge in [-0.1, -0.05) is 30.3 Å². The quantitative estimate of drug-likeness (QED) is 0.302. The fourth-order valence-electron chi connectivity index (χ4n) is 2.02.